The lowest BCUT2D eigenvalue weighted by atomic mass is 10.1. The summed E-state index contributed by atoms with van der Waals surface area (Å²) in [4.78, 5) is 15.7. The highest BCUT2D eigenvalue weighted by molar-refractivity contribution is 5.92. The number of carbonyl (C=O) groups is 1. The molecule has 1 heterocycles. The molecule has 5 heteroatoms. The number of hydrogen-bond acceptors (Lipinski definition) is 4. The van der Waals surface area contributed by atoms with Crippen molar-refractivity contribution in [3.63, 3.8) is 0 Å². The average molecular weight is 240 g/mol. The highest BCUT2D eigenvalue weighted by Crippen LogP contribution is 2.09. The van der Waals surface area contributed by atoms with E-state index in [2.05, 4.69) is 10.3 Å². The number of carbonyl (C=O) groups excluding carboxylic acids is 1. The van der Waals surface area contributed by atoms with E-state index in [4.69, 9.17) is 4.42 Å². The Balaban J connectivity index is 2.47. The number of oxazole rings is 1. The molecule has 0 aliphatic heterocycles. The summed E-state index contributed by atoms with van der Waals surface area (Å²) >= 11 is 0. The third-order valence-electron chi connectivity index (χ3n) is 2.35. The molecular formula is C12H20N2O3. The molecule has 0 aliphatic carbocycles. The zero-order valence-corrected chi connectivity index (χ0v) is 10.8. The summed E-state index contributed by atoms with van der Waals surface area (Å²) in [5.74, 6) is 0.761. The van der Waals surface area contributed by atoms with E-state index in [9.17, 15) is 9.90 Å². The number of aliphatic hydroxyl groups excluding tert-OH is 1. The topological polar surface area (TPSA) is 75.4 Å². The van der Waals surface area contributed by atoms with Gasteiger partial charge in [0.15, 0.2) is 5.89 Å². The van der Waals surface area contributed by atoms with Gasteiger partial charge in [-0.15, -0.1) is 0 Å². The number of rotatable bonds is 5. The Labute approximate surface area is 101 Å². The van der Waals surface area contributed by atoms with Gasteiger partial charge in [0.25, 0.3) is 5.91 Å². The van der Waals surface area contributed by atoms with E-state index in [1.54, 1.807) is 13.8 Å². The maximum absolute atomic E-state index is 11.7. The lowest BCUT2D eigenvalue weighted by Crippen LogP contribution is -2.32. The molecule has 0 spiro atoms. The molecule has 0 radical (unpaired) electrons. The molecule has 1 unspecified atom stereocenters. The molecule has 96 valence electrons. The first-order valence-electron chi connectivity index (χ1n) is 5.80. The molecule has 0 aromatic carbocycles. The second-order valence-electron chi connectivity index (χ2n) is 4.64. The molecule has 5 nitrogen and oxygen atoms in total. The summed E-state index contributed by atoms with van der Waals surface area (Å²) in [5, 5.41) is 12.3. The Hall–Kier alpha value is -1.36. The van der Waals surface area contributed by atoms with Gasteiger partial charge >= 0.3 is 0 Å². The first-order chi connectivity index (χ1) is 7.90. The third kappa shape index (κ3) is 4.19. The Kier molecular flexibility index (Phi) is 4.69. The van der Waals surface area contributed by atoms with E-state index >= 15 is 0 Å². The maximum Gasteiger partial charge on any atom is 0.289 e. The Morgan fingerprint density at radius 1 is 1.47 bits per heavy atom. The van der Waals surface area contributed by atoms with Crippen LogP contribution in [0.5, 0.6) is 0 Å². The molecule has 1 rings (SSSR count). The monoisotopic (exact) mass is 240 g/mol. The molecule has 1 aromatic rings. The molecule has 0 saturated heterocycles. The van der Waals surface area contributed by atoms with Crippen molar-refractivity contribution in [2.75, 3.05) is 6.54 Å². The molecule has 1 amide bonds. The minimum atomic E-state index is -0.525. The predicted octanol–water partition coefficient (Wildman–Crippen LogP) is 1.43. The highest BCUT2D eigenvalue weighted by atomic mass is 16.4. The van der Waals surface area contributed by atoms with Crippen LogP contribution in [-0.4, -0.2) is 28.6 Å². The van der Waals surface area contributed by atoms with E-state index in [-0.39, 0.29) is 18.2 Å². The van der Waals surface area contributed by atoms with Gasteiger partial charge in [0.05, 0.1) is 11.8 Å². The fourth-order valence-corrected chi connectivity index (χ4v) is 1.66. The van der Waals surface area contributed by atoms with Crippen molar-refractivity contribution in [2.24, 2.45) is 5.92 Å². The standard InChI is InChI=1S/C12H20N2O3/c1-7(2)5-10(15)6-13-12(16)11-8(3)14-9(4)17-11/h7,10,15H,5-6H2,1-4H3,(H,13,16). The fourth-order valence-electron chi connectivity index (χ4n) is 1.66. The summed E-state index contributed by atoms with van der Waals surface area (Å²) in [5.41, 5.74) is 0.568. The van der Waals surface area contributed by atoms with Crippen molar-refractivity contribution in [2.45, 2.75) is 40.2 Å². The van der Waals surface area contributed by atoms with Crippen LogP contribution in [0.15, 0.2) is 4.42 Å². The summed E-state index contributed by atoms with van der Waals surface area (Å²) < 4.78 is 5.18. The van der Waals surface area contributed by atoms with Crippen molar-refractivity contribution >= 4 is 5.91 Å². The predicted molar refractivity (Wildman–Crippen MR) is 63.8 cm³/mol. The summed E-state index contributed by atoms with van der Waals surface area (Å²) in [7, 11) is 0. The largest absolute Gasteiger partial charge is 0.436 e. The first kappa shape index (κ1) is 13.7. The van der Waals surface area contributed by atoms with Gasteiger partial charge < -0.3 is 14.8 Å². The zero-order chi connectivity index (χ0) is 13.0. The number of hydrogen-bond donors (Lipinski definition) is 2. The van der Waals surface area contributed by atoms with Crippen LogP contribution in [0.25, 0.3) is 0 Å². The van der Waals surface area contributed by atoms with Crippen LogP contribution in [0.3, 0.4) is 0 Å². The van der Waals surface area contributed by atoms with Crippen molar-refractivity contribution in [1.82, 2.24) is 10.3 Å². The molecule has 1 atom stereocenters. The number of aromatic nitrogens is 1. The minimum Gasteiger partial charge on any atom is -0.436 e. The molecule has 0 saturated carbocycles. The van der Waals surface area contributed by atoms with Crippen molar-refractivity contribution in [3.05, 3.63) is 17.3 Å². The lowest BCUT2D eigenvalue weighted by Gasteiger charge is -2.13. The second-order valence-corrected chi connectivity index (χ2v) is 4.64. The fraction of sp³-hybridized carbons (Fsp3) is 0.667. The molecule has 1 aromatic heterocycles. The molecule has 0 fully saturated rings. The quantitative estimate of drug-likeness (QED) is 0.816. The van der Waals surface area contributed by atoms with Gasteiger partial charge in [0.1, 0.15) is 0 Å². The van der Waals surface area contributed by atoms with Gasteiger partial charge in [-0.1, -0.05) is 13.8 Å². The van der Waals surface area contributed by atoms with Gasteiger partial charge in [-0.05, 0) is 19.3 Å². The Bertz CT molecular complexity index is 385. The van der Waals surface area contributed by atoms with Crippen LogP contribution in [-0.2, 0) is 0 Å². The van der Waals surface area contributed by atoms with Gasteiger partial charge in [-0.25, -0.2) is 4.98 Å². The van der Waals surface area contributed by atoms with E-state index in [1.165, 1.54) is 0 Å². The van der Waals surface area contributed by atoms with Crippen LogP contribution < -0.4 is 5.32 Å². The number of aliphatic hydroxyl groups is 1. The zero-order valence-electron chi connectivity index (χ0n) is 10.8. The summed E-state index contributed by atoms with van der Waals surface area (Å²) in [6.45, 7) is 7.69. The Morgan fingerprint density at radius 3 is 2.59 bits per heavy atom. The van der Waals surface area contributed by atoms with E-state index in [0.717, 1.165) is 0 Å². The number of amides is 1. The summed E-state index contributed by atoms with van der Waals surface area (Å²) in [6.07, 6.45) is 0.137. The van der Waals surface area contributed by atoms with Crippen LogP contribution in [0.1, 0.15) is 42.4 Å². The highest BCUT2D eigenvalue weighted by Gasteiger charge is 2.16. The lowest BCUT2D eigenvalue weighted by molar-refractivity contribution is 0.0871. The normalized spacial score (nSPS) is 12.8. The molecular weight excluding hydrogens is 220 g/mol. The number of aryl methyl sites for hydroxylation is 2. The molecule has 0 bridgehead atoms. The van der Waals surface area contributed by atoms with Crippen LogP contribution >= 0.6 is 0 Å². The smallest absolute Gasteiger partial charge is 0.289 e. The van der Waals surface area contributed by atoms with E-state index in [1.807, 2.05) is 13.8 Å². The van der Waals surface area contributed by atoms with Gasteiger partial charge in [0, 0.05) is 13.5 Å². The first-order valence-corrected chi connectivity index (χ1v) is 5.80. The molecule has 0 aliphatic rings. The van der Waals surface area contributed by atoms with Crippen molar-refractivity contribution in [3.8, 4) is 0 Å². The van der Waals surface area contributed by atoms with Crippen LogP contribution in [0, 0.1) is 19.8 Å². The number of nitrogens with one attached hydrogen (secondary N) is 1. The summed E-state index contributed by atoms with van der Waals surface area (Å²) in [6, 6.07) is 0. The van der Waals surface area contributed by atoms with E-state index in [0.29, 0.717) is 23.9 Å². The number of nitrogens with zero attached hydrogens (tertiary/aromatic N) is 1. The van der Waals surface area contributed by atoms with Gasteiger partial charge in [-0.3, -0.25) is 4.79 Å². The van der Waals surface area contributed by atoms with Crippen LogP contribution in [0.2, 0.25) is 0 Å². The van der Waals surface area contributed by atoms with Gasteiger partial charge in [0.2, 0.25) is 5.76 Å². The van der Waals surface area contributed by atoms with Crippen molar-refractivity contribution < 1.29 is 14.3 Å². The third-order valence-corrected chi connectivity index (χ3v) is 2.35. The van der Waals surface area contributed by atoms with Gasteiger partial charge in [-0.2, -0.15) is 0 Å². The molecule has 2 N–H and O–H groups in total. The van der Waals surface area contributed by atoms with E-state index < -0.39 is 6.10 Å². The maximum atomic E-state index is 11.7. The second kappa shape index (κ2) is 5.82. The SMILES string of the molecule is Cc1nc(C)c(C(=O)NCC(O)CC(C)C)o1. The van der Waals surface area contributed by atoms with Crippen molar-refractivity contribution in [1.29, 1.82) is 0 Å². The Morgan fingerprint density at radius 2 is 2.12 bits per heavy atom. The van der Waals surface area contributed by atoms with Crippen LogP contribution in [0.4, 0.5) is 0 Å². The minimum absolute atomic E-state index is 0.222. The molecule has 17 heavy (non-hydrogen) atoms. The average Bonchev–Trinajstić information content (AvgIpc) is 2.53.